The molecule has 1 heterocycles. The maximum absolute atomic E-state index is 13.2. The van der Waals surface area contributed by atoms with Gasteiger partial charge in [-0.05, 0) is 23.6 Å². The number of amides is 4. The largest absolute Gasteiger partial charge is 0.481 e. The first-order chi connectivity index (χ1) is 19.9. The third kappa shape index (κ3) is 8.89. The zero-order valence-electron chi connectivity index (χ0n) is 22.4. The number of para-hydroxylation sites is 1. The van der Waals surface area contributed by atoms with Crippen molar-refractivity contribution in [1.82, 2.24) is 20.9 Å². The van der Waals surface area contributed by atoms with Crippen molar-refractivity contribution in [3.63, 3.8) is 0 Å². The Hall–Kier alpha value is -5.24. The summed E-state index contributed by atoms with van der Waals surface area (Å²) in [6.07, 6.45) is 0.159. The topological polar surface area (TPSA) is 247 Å². The molecule has 0 fully saturated rings. The van der Waals surface area contributed by atoms with Crippen LogP contribution < -0.4 is 27.4 Å². The summed E-state index contributed by atoms with van der Waals surface area (Å²) < 4.78 is 0. The van der Waals surface area contributed by atoms with Gasteiger partial charge >= 0.3 is 11.9 Å². The van der Waals surface area contributed by atoms with Crippen molar-refractivity contribution in [1.29, 1.82) is 0 Å². The number of carboxylic acid groups (broad SMARTS) is 2. The summed E-state index contributed by atoms with van der Waals surface area (Å²) in [5.41, 5.74) is 13.3. The van der Waals surface area contributed by atoms with Gasteiger partial charge in [-0.1, -0.05) is 48.5 Å². The maximum atomic E-state index is 13.2. The average molecular weight is 581 g/mol. The Balaban J connectivity index is 1.76. The number of rotatable bonds is 15. The van der Waals surface area contributed by atoms with Crippen LogP contribution >= 0.6 is 0 Å². The van der Waals surface area contributed by atoms with E-state index in [1.165, 1.54) is 0 Å². The van der Waals surface area contributed by atoms with Gasteiger partial charge in [-0.3, -0.25) is 24.0 Å². The third-order valence-corrected chi connectivity index (χ3v) is 6.40. The van der Waals surface area contributed by atoms with E-state index in [0.717, 1.165) is 16.5 Å². The van der Waals surface area contributed by atoms with Crippen LogP contribution in [0.4, 0.5) is 0 Å². The normalized spacial score (nSPS) is 13.7. The number of carbonyl (C=O) groups is 6. The van der Waals surface area contributed by atoms with Gasteiger partial charge in [-0.15, -0.1) is 0 Å². The molecule has 14 heteroatoms. The molecule has 4 atom stereocenters. The summed E-state index contributed by atoms with van der Waals surface area (Å²) in [5.74, 6) is -6.66. The average Bonchev–Trinajstić information content (AvgIpc) is 3.34. The summed E-state index contributed by atoms with van der Waals surface area (Å²) in [4.78, 5) is 76.7. The summed E-state index contributed by atoms with van der Waals surface area (Å²) in [6, 6.07) is 9.96. The minimum absolute atomic E-state index is 0.0900. The van der Waals surface area contributed by atoms with Gasteiger partial charge < -0.3 is 42.6 Å². The smallest absolute Gasteiger partial charge is 0.326 e. The van der Waals surface area contributed by atoms with Gasteiger partial charge in [-0.25, -0.2) is 4.79 Å². The number of carbonyl (C=O) groups excluding carboxylic acids is 4. The van der Waals surface area contributed by atoms with E-state index in [1.54, 1.807) is 36.5 Å². The van der Waals surface area contributed by atoms with Crippen LogP contribution in [0.15, 0.2) is 60.8 Å². The highest BCUT2D eigenvalue weighted by molar-refractivity contribution is 5.96. The van der Waals surface area contributed by atoms with E-state index in [4.69, 9.17) is 11.5 Å². The molecule has 4 unspecified atom stereocenters. The van der Waals surface area contributed by atoms with Crippen LogP contribution in [0.25, 0.3) is 10.9 Å². The molecule has 3 aromatic rings. The Kier molecular flexibility index (Phi) is 10.7. The molecule has 0 aliphatic carbocycles. The molecule has 0 bridgehead atoms. The van der Waals surface area contributed by atoms with E-state index in [9.17, 15) is 39.0 Å². The molecule has 0 aliphatic rings. The second kappa shape index (κ2) is 14.4. The van der Waals surface area contributed by atoms with Crippen LogP contribution in [0.2, 0.25) is 0 Å². The third-order valence-electron chi connectivity index (χ3n) is 6.40. The molecule has 0 aliphatic heterocycles. The molecule has 42 heavy (non-hydrogen) atoms. The van der Waals surface area contributed by atoms with Crippen molar-refractivity contribution >= 4 is 46.5 Å². The number of fused-ring (bicyclic) bond motifs is 1. The summed E-state index contributed by atoms with van der Waals surface area (Å²) >= 11 is 0. The van der Waals surface area contributed by atoms with Gasteiger partial charge in [0.1, 0.15) is 18.1 Å². The predicted octanol–water partition coefficient (Wildman–Crippen LogP) is -0.830. The molecule has 0 radical (unpaired) electrons. The number of nitrogens with two attached hydrogens (primary N) is 2. The zero-order valence-corrected chi connectivity index (χ0v) is 22.4. The van der Waals surface area contributed by atoms with Crippen molar-refractivity contribution in [3.05, 3.63) is 71.9 Å². The Morgan fingerprint density at radius 2 is 1.33 bits per heavy atom. The van der Waals surface area contributed by atoms with Crippen LogP contribution in [-0.2, 0) is 41.6 Å². The minimum Gasteiger partial charge on any atom is -0.481 e. The van der Waals surface area contributed by atoms with E-state index in [1.807, 2.05) is 24.3 Å². The Morgan fingerprint density at radius 1 is 0.738 bits per heavy atom. The molecular formula is C28H32N6O8. The molecular weight excluding hydrogens is 548 g/mol. The fraction of sp³-hybridized carbons (Fsp3) is 0.286. The number of aliphatic carboxylic acids is 2. The lowest BCUT2D eigenvalue weighted by Crippen LogP contribution is -2.58. The molecule has 4 amide bonds. The molecule has 1 aromatic heterocycles. The molecule has 222 valence electrons. The van der Waals surface area contributed by atoms with Gasteiger partial charge in [-0.2, -0.15) is 0 Å². The number of carboxylic acids is 2. The highest BCUT2D eigenvalue weighted by Gasteiger charge is 2.32. The van der Waals surface area contributed by atoms with E-state index in [-0.39, 0.29) is 12.8 Å². The molecule has 0 spiro atoms. The predicted molar refractivity (Wildman–Crippen MR) is 150 cm³/mol. The first-order valence-electron chi connectivity index (χ1n) is 12.9. The standard InChI is InChI=1S/C28H32N6O8/c29-18(11-16-14-31-19-9-5-4-8-17(16)19)25(38)32-21(13-24(36)37)27(40)33-20(10-15-6-2-1-3-7-15)26(39)34-22(28(41)42)12-23(30)35/h1-9,14,18,20-22,31H,10-13,29H2,(H2,30,35)(H,32,38)(H,33,40)(H,34,39)(H,36,37)(H,41,42). The second-order valence-electron chi connectivity index (χ2n) is 9.65. The SMILES string of the molecule is NC(=O)CC(NC(=O)C(Cc1ccccc1)NC(=O)C(CC(=O)O)NC(=O)C(N)Cc1c[nH]c2ccccc12)C(=O)O. The van der Waals surface area contributed by atoms with Gasteiger partial charge in [0.05, 0.1) is 18.9 Å². The Morgan fingerprint density at radius 3 is 1.98 bits per heavy atom. The molecule has 0 saturated heterocycles. The number of aromatic nitrogens is 1. The molecule has 10 N–H and O–H groups in total. The molecule has 3 rings (SSSR count). The molecule has 2 aromatic carbocycles. The van der Waals surface area contributed by atoms with E-state index >= 15 is 0 Å². The van der Waals surface area contributed by atoms with Crippen molar-refractivity contribution in [2.45, 2.75) is 49.9 Å². The lowest BCUT2D eigenvalue weighted by Gasteiger charge is -2.24. The number of hydrogen-bond acceptors (Lipinski definition) is 7. The van der Waals surface area contributed by atoms with Crippen molar-refractivity contribution in [2.75, 3.05) is 0 Å². The number of aromatic amines is 1. The van der Waals surface area contributed by atoms with E-state index < -0.39 is 72.6 Å². The van der Waals surface area contributed by atoms with E-state index in [0.29, 0.717) is 5.56 Å². The first-order valence-corrected chi connectivity index (χ1v) is 12.9. The monoisotopic (exact) mass is 580 g/mol. The van der Waals surface area contributed by atoms with Crippen LogP contribution in [0.5, 0.6) is 0 Å². The summed E-state index contributed by atoms with van der Waals surface area (Å²) in [5, 5.41) is 26.5. The Labute approximate surface area is 239 Å². The number of benzene rings is 2. The zero-order chi connectivity index (χ0) is 30.8. The summed E-state index contributed by atoms with van der Waals surface area (Å²) in [6.45, 7) is 0. The number of primary amides is 1. The fourth-order valence-electron chi connectivity index (χ4n) is 4.30. The van der Waals surface area contributed by atoms with Gasteiger partial charge in [0.2, 0.25) is 23.6 Å². The van der Waals surface area contributed by atoms with Crippen molar-refractivity contribution < 1.29 is 39.0 Å². The first kappa shape index (κ1) is 31.3. The van der Waals surface area contributed by atoms with Crippen LogP contribution in [-0.4, -0.2) is 74.9 Å². The van der Waals surface area contributed by atoms with Gasteiger partial charge in [0.15, 0.2) is 0 Å². The maximum Gasteiger partial charge on any atom is 0.326 e. The van der Waals surface area contributed by atoms with Gasteiger partial charge in [0.25, 0.3) is 0 Å². The van der Waals surface area contributed by atoms with Crippen LogP contribution in [0.3, 0.4) is 0 Å². The van der Waals surface area contributed by atoms with Crippen molar-refractivity contribution in [3.8, 4) is 0 Å². The van der Waals surface area contributed by atoms with Crippen molar-refractivity contribution in [2.24, 2.45) is 11.5 Å². The quantitative estimate of drug-likeness (QED) is 0.112. The highest BCUT2D eigenvalue weighted by atomic mass is 16.4. The lowest BCUT2D eigenvalue weighted by molar-refractivity contribution is -0.144. The fourth-order valence-corrected chi connectivity index (χ4v) is 4.30. The Bertz CT molecular complexity index is 1460. The molecule has 14 nitrogen and oxygen atoms in total. The van der Waals surface area contributed by atoms with Crippen LogP contribution in [0, 0.1) is 0 Å². The highest BCUT2D eigenvalue weighted by Crippen LogP contribution is 2.19. The van der Waals surface area contributed by atoms with Crippen LogP contribution in [0.1, 0.15) is 24.0 Å². The van der Waals surface area contributed by atoms with E-state index in [2.05, 4.69) is 20.9 Å². The summed E-state index contributed by atoms with van der Waals surface area (Å²) in [7, 11) is 0. The van der Waals surface area contributed by atoms with Gasteiger partial charge in [0, 0.05) is 23.5 Å². The lowest BCUT2D eigenvalue weighted by atomic mass is 10.0. The minimum atomic E-state index is -1.66. The number of H-pyrrole nitrogens is 1. The number of nitrogens with one attached hydrogen (secondary N) is 4. The number of hydrogen-bond donors (Lipinski definition) is 8. The second-order valence-corrected chi connectivity index (χ2v) is 9.65. The molecule has 0 saturated carbocycles.